The summed E-state index contributed by atoms with van der Waals surface area (Å²) in [5, 5.41) is 17.4. The number of rotatable bonds is 3. The van der Waals surface area contributed by atoms with Gasteiger partial charge in [-0.3, -0.25) is 4.98 Å². The molecule has 0 fully saturated rings. The van der Waals surface area contributed by atoms with E-state index in [2.05, 4.69) is 4.98 Å². The third kappa shape index (κ3) is 2.06. The first kappa shape index (κ1) is 11.9. The van der Waals surface area contributed by atoms with Crippen molar-refractivity contribution in [2.75, 3.05) is 7.11 Å². The Balaban J connectivity index is 3.42. The Morgan fingerprint density at radius 2 is 2.19 bits per heavy atom. The SMILES string of the molecule is COc1c(C(F)F)ncc(CC#N)c1C#N. The lowest BCUT2D eigenvalue weighted by atomic mass is 10.1. The first-order valence-electron chi connectivity index (χ1n) is 4.26. The van der Waals surface area contributed by atoms with Crippen LogP contribution >= 0.6 is 0 Å². The first-order valence-corrected chi connectivity index (χ1v) is 4.26. The number of methoxy groups -OCH3 is 1. The van der Waals surface area contributed by atoms with Gasteiger partial charge >= 0.3 is 0 Å². The summed E-state index contributed by atoms with van der Waals surface area (Å²) in [6.07, 6.45) is -1.79. The molecule has 16 heavy (non-hydrogen) atoms. The van der Waals surface area contributed by atoms with E-state index in [0.717, 1.165) is 6.20 Å². The maximum Gasteiger partial charge on any atom is 0.284 e. The van der Waals surface area contributed by atoms with E-state index in [-0.39, 0.29) is 23.3 Å². The summed E-state index contributed by atoms with van der Waals surface area (Å²) in [7, 11) is 1.18. The molecule has 1 heterocycles. The van der Waals surface area contributed by atoms with Gasteiger partial charge in [-0.15, -0.1) is 0 Å². The smallest absolute Gasteiger partial charge is 0.284 e. The highest BCUT2D eigenvalue weighted by atomic mass is 19.3. The summed E-state index contributed by atoms with van der Waals surface area (Å²) in [4.78, 5) is 3.50. The first-order chi connectivity index (χ1) is 7.65. The molecule has 6 heteroatoms. The number of hydrogen-bond acceptors (Lipinski definition) is 4. The zero-order chi connectivity index (χ0) is 12.1. The minimum Gasteiger partial charge on any atom is -0.493 e. The predicted molar refractivity (Wildman–Crippen MR) is 49.8 cm³/mol. The quantitative estimate of drug-likeness (QED) is 0.785. The van der Waals surface area contributed by atoms with E-state index >= 15 is 0 Å². The second-order valence-corrected chi connectivity index (χ2v) is 2.82. The molecule has 0 aliphatic carbocycles. The highest BCUT2D eigenvalue weighted by molar-refractivity contribution is 5.51. The maximum absolute atomic E-state index is 12.5. The van der Waals surface area contributed by atoms with E-state index in [1.54, 1.807) is 6.07 Å². The van der Waals surface area contributed by atoms with Crippen molar-refractivity contribution < 1.29 is 13.5 Å². The second kappa shape index (κ2) is 5.04. The van der Waals surface area contributed by atoms with Crippen LogP contribution in [0.2, 0.25) is 0 Å². The number of halogens is 2. The van der Waals surface area contributed by atoms with Gasteiger partial charge in [0.25, 0.3) is 6.43 Å². The fraction of sp³-hybridized carbons (Fsp3) is 0.300. The molecule has 0 bridgehead atoms. The Hall–Kier alpha value is -2.21. The fourth-order valence-electron chi connectivity index (χ4n) is 1.25. The summed E-state index contributed by atoms with van der Waals surface area (Å²) in [6, 6.07) is 3.57. The monoisotopic (exact) mass is 223 g/mol. The van der Waals surface area contributed by atoms with Crippen molar-refractivity contribution in [1.29, 1.82) is 10.5 Å². The van der Waals surface area contributed by atoms with Crippen LogP contribution in [0.4, 0.5) is 8.78 Å². The van der Waals surface area contributed by atoms with Gasteiger partial charge in [0.05, 0.1) is 19.6 Å². The van der Waals surface area contributed by atoms with Crippen molar-refractivity contribution in [2.24, 2.45) is 0 Å². The predicted octanol–water partition coefficient (Wildman–Crippen LogP) is 1.97. The van der Waals surface area contributed by atoms with Gasteiger partial charge in [-0.1, -0.05) is 0 Å². The number of nitriles is 2. The van der Waals surface area contributed by atoms with Gasteiger partial charge in [-0.05, 0) is 0 Å². The van der Waals surface area contributed by atoms with Crippen LogP contribution in [0.5, 0.6) is 5.75 Å². The Kier molecular flexibility index (Phi) is 3.73. The average Bonchev–Trinajstić information content (AvgIpc) is 2.28. The molecule has 0 saturated heterocycles. The van der Waals surface area contributed by atoms with Gasteiger partial charge < -0.3 is 4.74 Å². The molecule has 4 nitrogen and oxygen atoms in total. The Morgan fingerprint density at radius 3 is 2.62 bits per heavy atom. The maximum atomic E-state index is 12.5. The molecule has 0 unspecified atom stereocenters. The minimum atomic E-state index is -2.82. The Bertz CT molecular complexity index is 474. The number of alkyl halides is 2. The van der Waals surface area contributed by atoms with Crippen molar-refractivity contribution >= 4 is 0 Å². The molecule has 1 aromatic heterocycles. The summed E-state index contributed by atoms with van der Waals surface area (Å²) in [5.41, 5.74) is -0.360. The minimum absolute atomic E-state index is 0.0608. The van der Waals surface area contributed by atoms with Gasteiger partial charge in [0.1, 0.15) is 17.3 Å². The topological polar surface area (TPSA) is 69.7 Å². The molecule has 0 aliphatic heterocycles. The Labute approximate surface area is 90.7 Å². The summed E-state index contributed by atoms with van der Waals surface area (Å²) in [6.45, 7) is 0. The van der Waals surface area contributed by atoms with E-state index in [1.165, 1.54) is 7.11 Å². The molecule has 0 saturated carbocycles. The molecule has 1 aromatic rings. The van der Waals surface area contributed by atoms with Gasteiger partial charge in [0, 0.05) is 11.8 Å². The largest absolute Gasteiger partial charge is 0.493 e. The van der Waals surface area contributed by atoms with Crippen LogP contribution in [0.15, 0.2) is 6.20 Å². The number of nitrogens with zero attached hydrogens (tertiary/aromatic N) is 3. The van der Waals surface area contributed by atoms with Crippen LogP contribution < -0.4 is 4.74 Å². The molecule has 0 radical (unpaired) electrons. The van der Waals surface area contributed by atoms with Gasteiger partial charge in [0.15, 0.2) is 5.75 Å². The number of hydrogen-bond donors (Lipinski definition) is 0. The molecule has 82 valence electrons. The van der Waals surface area contributed by atoms with Crippen LogP contribution in [-0.2, 0) is 6.42 Å². The molecule has 0 spiro atoms. The third-order valence-electron chi connectivity index (χ3n) is 1.93. The second-order valence-electron chi connectivity index (χ2n) is 2.82. The summed E-state index contributed by atoms with van der Waals surface area (Å²) < 4.78 is 29.8. The van der Waals surface area contributed by atoms with Crippen LogP contribution in [0.3, 0.4) is 0 Å². The summed E-state index contributed by atoms with van der Waals surface area (Å²) in [5.74, 6) is -0.259. The number of ether oxygens (including phenoxy) is 1. The van der Waals surface area contributed by atoms with Crippen LogP contribution in [0.1, 0.15) is 23.2 Å². The normalized spacial score (nSPS) is 9.62. The van der Waals surface area contributed by atoms with Crippen molar-refractivity contribution in [3.05, 3.63) is 23.0 Å². The van der Waals surface area contributed by atoms with E-state index in [4.69, 9.17) is 15.3 Å². The van der Waals surface area contributed by atoms with E-state index < -0.39 is 12.1 Å². The van der Waals surface area contributed by atoms with Crippen LogP contribution in [-0.4, -0.2) is 12.1 Å². The van der Waals surface area contributed by atoms with Crippen LogP contribution in [0, 0.1) is 22.7 Å². The molecule has 0 atom stereocenters. The molecule has 0 amide bonds. The lowest BCUT2D eigenvalue weighted by Gasteiger charge is -2.10. The molecule has 0 aromatic carbocycles. The van der Waals surface area contributed by atoms with Crippen molar-refractivity contribution in [3.8, 4) is 17.9 Å². The molecular formula is C10H7F2N3O. The highest BCUT2D eigenvalue weighted by Gasteiger charge is 2.21. The van der Waals surface area contributed by atoms with Gasteiger partial charge in [-0.2, -0.15) is 10.5 Å². The van der Waals surface area contributed by atoms with E-state index in [9.17, 15) is 8.78 Å². The van der Waals surface area contributed by atoms with Crippen molar-refractivity contribution in [2.45, 2.75) is 12.8 Å². The van der Waals surface area contributed by atoms with Gasteiger partial charge in [0.2, 0.25) is 0 Å². The highest BCUT2D eigenvalue weighted by Crippen LogP contribution is 2.31. The van der Waals surface area contributed by atoms with Crippen molar-refractivity contribution in [3.63, 3.8) is 0 Å². The van der Waals surface area contributed by atoms with Gasteiger partial charge in [-0.25, -0.2) is 8.78 Å². The fourth-order valence-corrected chi connectivity index (χ4v) is 1.25. The zero-order valence-corrected chi connectivity index (χ0v) is 8.37. The summed E-state index contributed by atoms with van der Waals surface area (Å²) >= 11 is 0. The van der Waals surface area contributed by atoms with Crippen molar-refractivity contribution in [1.82, 2.24) is 4.98 Å². The third-order valence-corrected chi connectivity index (χ3v) is 1.93. The molecule has 0 aliphatic rings. The molecule has 1 rings (SSSR count). The van der Waals surface area contributed by atoms with Crippen LogP contribution in [0.25, 0.3) is 0 Å². The van der Waals surface area contributed by atoms with E-state index in [1.807, 2.05) is 6.07 Å². The molecular weight excluding hydrogens is 216 g/mol. The lowest BCUT2D eigenvalue weighted by molar-refractivity contribution is 0.141. The average molecular weight is 223 g/mol. The number of pyridine rings is 1. The lowest BCUT2D eigenvalue weighted by Crippen LogP contribution is -2.02. The molecule has 0 N–H and O–H groups in total. The number of aromatic nitrogens is 1. The van der Waals surface area contributed by atoms with E-state index in [0.29, 0.717) is 0 Å². The zero-order valence-electron chi connectivity index (χ0n) is 8.37. The Morgan fingerprint density at radius 1 is 1.50 bits per heavy atom. The standard InChI is InChI=1S/C10H7F2N3O/c1-16-9-7(4-14)6(2-3-13)5-15-8(9)10(11)12/h5,10H,2H2,1H3.